The normalized spacial score (nSPS) is 14.6. The van der Waals surface area contributed by atoms with Gasteiger partial charge in [-0.15, -0.1) is 0 Å². The van der Waals surface area contributed by atoms with E-state index in [0.717, 1.165) is 45.3 Å². The van der Waals surface area contributed by atoms with Crippen LogP contribution in [0.4, 0.5) is 34.1 Å². The molecule has 0 atom stereocenters. The Morgan fingerprint density at radius 1 is 0.442 bits per heavy atom. The van der Waals surface area contributed by atoms with Crippen LogP contribution >= 0.6 is 7.60 Å². The molecule has 52 heavy (non-hydrogen) atoms. The van der Waals surface area contributed by atoms with Crippen molar-refractivity contribution in [2.45, 2.75) is 64.5 Å². The standard InChI is InChI=1S/C46H47N2O3P/c1-33-5-17-39(18-6-33)47(40-19-7-34(2)8-20-40)43-25-13-37(14-26-43)46(31-29-45(30-32-46)52(49,50)51)38-15-27-44(28-16-38)48(41-21-9-35(3)10-22-41)42-23-11-36(4)12-24-42/h5-28,45H,29-32H2,1-4H3,(H2,49,50,51). The maximum atomic E-state index is 12.4. The summed E-state index contributed by atoms with van der Waals surface area (Å²) >= 11 is 0. The van der Waals surface area contributed by atoms with E-state index in [1.54, 1.807) is 0 Å². The molecule has 1 aliphatic carbocycles. The number of benzene rings is 6. The maximum Gasteiger partial charge on any atom is 0.328 e. The third-order valence-electron chi connectivity index (χ3n) is 10.8. The average Bonchev–Trinajstić information content (AvgIpc) is 3.15. The molecule has 6 aromatic rings. The Morgan fingerprint density at radius 3 is 0.904 bits per heavy atom. The van der Waals surface area contributed by atoms with E-state index in [1.807, 2.05) is 0 Å². The highest BCUT2D eigenvalue weighted by Crippen LogP contribution is 2.55. The predicted molar refractivity (Wildman–Crippen MR) is 216 cm³/mol. The Morgan fingerprint density at radius 2 is 0.673 bits per heavy atom. The van der Waals surface area contributed by atoms with Crippen LogP contribution in [0.3, 0.4) is 0 Å². The highest BCUT2D eigenvalue weighted by molar-refractivity contribution is 7.52. The van der Waals surface area contributed by atoms with Crippen molar-refractivity contribution >= 4 is 41.7 Å². The summed E-state index contributed by atoms with van der Waals surface area (Å²) in [5.41, 5.74) is 12.6. The summed E-state index contributed by atoms with van der Waals surface area (Å²) in [7, 11) is -4.19. The minimum Gasteiger partial charge on any atom is -0.324 e. The minimum absolute atomic E-state index is 0.389. The van der Waals surface area contributed by atoms with E-state index in [0.29, 0.717) is 25.7 Å². The van der Waals surface area contributed by atoms with E-state index < -0.39 is 13.3 Å². The fourth-order valence-electron chi connectivity index (χ4n) is 7.70. The van der Waals surface area contributed by atoms with E-state index in [4.69, 9.17) is 0 Å². The van der Waals surface area contributed by atoms with Gasteiger partial charge in [0.25, 0.3) is 0 Å². The number of anilines is 6. The smallest absolute Gasteiger partial charge is 0.324 e. The van der Waals surface area contributed by atoms with E-state index in [9.17, 15) is 14.4 Å². The van der Waals surface area contributed by atoms with Gasteiger partial charge in [0.2, 0.25) is 0 Å². The summed E-state index contributed by atoms with van der Waals surface area (Å²) in [6, 6.07) is 52.1. The second kappa shape index (κ2) is 14.6. The van der Waals surface area contributed by atoms with Crippen LogP contribution in [0.1, 0.15) is 59.1 Å². The molecule has 6 aromatic carbocycles. The Labute approximate surface area is 308 Å². The SMILES string of the molecule is Cc1ccc(N(c2ccc(C)cc2)c2ccc(C3(c4ccc(N(c5ccc(C)cc5)c5ccc(C)cc5)cc4)CCC(P(=O)(O)O)CC3)cc2)cc1. The molecule has 0 aliphatic heterocycles. The lowest BCUT2D eigenvalue weighted by Crippen LogP contribution is -2.35. The first-order valence-corrected chi connectivity index (χ1v) is 19.8. The predicted octanol–water partition coefficient (Wildman–Crippen LogP) is 12.3. The van der Waals surface area contributed by atoms with Gasteiger partial charge in [-0.3, -0.25) is 4.57 Å². The van der Waals surface area contributed by atoms with Crippen LogP contribution in [0.15, 0.2) is 146 Å². The van der Waals surface area contributed by atoms with Gasteiger partial charge in [-0.2, -0.15) is 0 Å². The summed E-state index contributed by atoms with van der Waals surface area (Å²) in [5, 5.41) is 0. The third kappa shape index (κ3) is 7.36. The van der Waals surface area contributed by atoms with Gasteiger partial charge in [0.05, 0.1) is 5.66 Å². The Hall–Kier alpha value is -4.93. The van der Waals surface area contributed by atoms with Crippen molar-refractivity contribution in [3.8, 4) is 0 Å². The fourth-order valence-corrected chi connectivity index (χ4v) is 8.64. The van der Waals surface area contributed by atoms with Gasteiger partial charge in [-0.25, -0.2) is 0 Å². The van der Waals surface area contributed by atoms with E-state index in [1.165, 1.54) is 22.3 Å². The van der Waals surface area contributed by atoms with Crippen LogP contribution in [0.5, 0.6) is 0 Å². The van der Waals surface area contributed by atoms with Gasteiger partial charge in [0, 0.05) is 39.5 Å². The summed E-state index contributed by atoms with van der Waals surface area (Å²) in [6.07, 6.45) is 2.23. The van der Waals surface area contributed by atoms with Gasteiger partial charge < -0.3 is 19.6 Å². The molecule has 0 unspecified atom stereocenters. The van der Waals surface area contributed by atoms with Crippen molar-refractivity contribution in [3.63, 3.8) is 0 Å². The average molecular weight is 707 g/mol. The number of aryl methyl sites for hydroxylation is 4. The lowest BCUT2D eigenvalue weighted by atomic mass is 9.65. The largest absolute Gasteiger partial charge is 0.328 e. The number of hydrogen-bond donors (Lipinski definition) is 2. The van der Waals surface area contributed by atoms with Crippen LogP contribution in [0, 0.1) is 27.7 Å². The zero-order chi connectivity index (χ0) is 36.5. The Balaban J connectivity index is 1.28. The van der Waals surface area contributed by atoms with Gasteiger partial charge in [-0.05, 0) is 137 Å². The molecule has 1 aliphatic rings. The summed E-state index contributed by atoms with van der Waals surface area (Å²) in [5.74, 6) is 0. The van der Waals surface area contributed by atoms with E-state index in [-0.39, 0.29) is 5.41 Å². The van der Waals surface area contributed by atoms with E-state index >= 15 is 0 Å². The number of hydrogen-bond acceptors (Lipinski definition) is 3. The van der Waals surface area contributed by atoms with Gasteiger partial charge in [-0.1, -0.05) is 95.1 Å². The molecule has 0 spiro atoms. The highest BCUT2D eigenvalue weighted by atomic mass is 31.2. The maximum absolute atomic E-state index is 12.4. The highest BCUT2D eigenvalue weighted by Gasteiger charge is 2.43. The first kappa shape index (κ1) is 35.5. The van der Waals surface area contributed by atoms with Gasteiger partial charge >= 0.3 is 7.60 Å². The molecular formula is C46H47N2O3P. The molecule has 0 saturated heterocycles. The van der Waals surface area contributed by atoms with Crippen molar-refractivity contribution in [1.82, 2.24) is 0 Å². The summed E-state index contributed by atoms with van der Waals surface area (Å²) in [4.78, 5) is 24.9. The topological polar surface area (TPSA) is 64.0 Å². The van der Waals surface area contributed by atoms with Gasteiger partial charge in [0.15, 0.2) is 0 Å². The van der Waals surface area contributed by atoms with Crippen LogP contribution in [-0.4, -0.2) is 15.4 Å². The molecular weight excluding hydrogens is 659 g/mol. The zero-order valence-corrected chi connectivity index (χ0v) is 31.3. The second-order valence-corrected chi connectivity index (χ2v) is 16.4. The number of rotatable bonds is 9. The van der Waals surface area contributed by atoms with Crippen molar-refractivity contribution in [2.24, 2.45) is 0 Å². The molecule has 0 bridgehead atoms. The van der Waals surface area contributed by atoms with Crippen molar-refractivity contribution in [1.29, 1.82) is 0 Å². The molecule has 1 fully saturated rings. The van der Waals surface area contributed by atoms with Crippen molar-refractivity contribution in [2.75, 3.05) is 9.80 Å². The monoisotopic (exact) mass is 706 g/mol. The molecule has 2 N–H and O–H groups in total. The second-order valence-electron chi connectivity index (χ2n) is 14.5. The van der Waals surface area contributed by atoms with Crippen LogP contribution in [-0.2, 0) is 9.98 Å². The third-order valence-corrected chi connectivity index (χ3v) is 12.3. The molecule has 264 valence electrons. The van der Waals surface area contributed by atoms with Crippen molar-refractivity contribution in [3.05, 3.63) is 179 Å². The molecule has 0 aromatic heterocycles. The van der Waals surface area contributed by atoms with E-state index in [2.05, 4.69) is 183 Å². The lowest BCUT2D eigenvalue weighted by Gasteiger charge is -2.42. The Bertz CT molecular complexity index is 1920. The van der Waals surface area contributed by atoms with Crippen LogP contribution in [0.2, 0.25) is 0 Å². The zero-order valence-electron chi connectivity index (χ0n) is 30.4. The van der Waals surface area contributed by atoms with Crippen LogP contribution < -0.4 is 9.80 Å². The van der Waals surface area contributed by atoms with Crippen LogP contribution in [0.25, 0.3) is 0 Å². The fraction of sp³-hybridized carbons (Fsp3) is 0.217. The Kier molecular flexibility index (Phi) is 9.96. The molecule has 0 radical (unpaired) electrons. The molecule has 6 heteroatoms. The molecule has 7 rings (SSSR count). The summed E-state index contributed by atoms with van der Waals surface area (Å²) in [6.45, 7) is 8.41. The molecule has 0 heterocycles. The van der Waals surface area contributed by atoms with Crippen molar-refractivity contribution < 1.29 is 14.4 Å². The molecule has 1 saturated carbocycles. The molecule has 5 nitrogen and oxygen atoms in total. The molecule has 0 amide bonds. The lowest BCUT2D eigenvalue weighted by molar-refractivity contribution is 0.298. The minimum atomic E-state index is -4.19. The summed E-state index contributed by atoms with van der Waals surface area (Å²) < 4.78 is 12.4. The first-order chi connectivity index (χ1) is 25.0. The first-order valence-electron chi connectivity index (χ1n) is 18.1. The quantitative estimate of drug-likeness (QED) is 0.147. The number of nitrogens with zero attached hydrogens (tertiary/aromatic N) is 2. The van der Waals surface area contributed by atoms with Gasteiger partial charge in [0.1, 0.15) is 0 Å².